The number of rotatable bonds is 5. The van der Waals surface area contributed by atoms with Gasteiger partial charge in [0.2, 0.25) is 0 Å². The van der Waals surface area contributed by atoms with Gasteiger partial charge in [0, 0.05) is 12.0 Å². The van der Waals surface area contributed by atoms with E-state index in [0.29, 0.717) is 5.56 Å². The fourth-order valence-electron chi connectivity index (χ4n) is 1.24. The summed E-state index contributed by atoms with van der Waals surface area (Å²) >= 11 is 0. The highest BCUT2D eigenvalue weighted by molar-refractivity contribution is 7.90. The fraction of sp³-hybridized carbons (Fsp3) is 0.0833. The zero-order valence-corrected chi connectivity index (χ0v) is 10.2. The number of carboxylic acids is 1. The SMILES string of the molecule is C=C(CC(=Cc1ccccc1)S(=O)(=O)O)C(=O)O. The van der Waals surface area contributed by atoms with Crippen LogP contribution in [0.1, 0.15) is 12.0 Å². The smallest absolute Gasteiger partial charge is 0.331 e. The number of carboxylic acid groups (broad SMARTS) is 1. The Balaban J connectivity index is 3.12. The van der Waals surface area contributed by atoms with Gasteiger partial charge in [0.1, 0.15) is 0 Å². The van der Waals surface area contributed by atoms with E-state index in [1.54, 1.807) is 30.3 Å². The van der Waals surface area contributed by atoms with Gasteiger partial charge in [-0.25, -0.2) is 4.79 Å². The van der Waals surface area contributed by atoms with E-state index in [0.717, 1.165) is 0 Å². The molecule has 5 nitrogen and oxygen atoms in total. The third-order valence-electron chi connectivity index (χ3n) is 2.15. The molecule has 0 amide bonds. The van der Waals surface area contributed by atoms with Crippen LogP contribution in [0.15, 0.2) is 47.4 Å². The molecule has 1 aromatic rings. The van der Waals surface area contributed by atoms with Gasteiger partial charge in [-0.05, 0) is 11.6 Å². The predicted molar refractivity (Wildman–Crippen MR) is 67.4 cm³/mol. The van der Waals surface area contributed by atoms with Gasteiger partial charge in [-0.2, -0.15) is 8.42 Å². The first-order valence-electron chi connectivity index (χ1n) is 4.95. The molecule has 0 heterocycles. The van der Waals surface area contributed by atoms with E-state index in [4.69, 9.17) is 9.66 Å². The Morgan fingerprint density at radius 3 is 2.28 bits per heavy atom. The molecule has 1 aromatic carbocycles. The molecule has 18 heavy (non-hydrogen) atoms. The molecule has 2 N–H and O–H groups in total. The van der Waals surface area contributed by atoms with E-state index in [9.17, 15) is 13.2 Å². The van der Waals surface area contributed by atoms with Gasteiger partial charge in [-0.3, -0.25) is 4.55 Å². The molecule has 0 aromatic heterocycles. The maximum Gasteiger partial charge on any atom is 0.331 e. The van der Waals surface area contributed by atoms with Crippen molar-refractivity contribution in [3.63, 3.8) is 0 Å². The molecule has 0 saturated heterocycles. The van der Waals surface area contributed by atoms with E-state index in [1.807, 2.05) is 0 Å². The van der Waals surface area contributed by atoms with Crippen molar-refractivity contribution in [2.45, 2.75) is 6.42 Å². The predicted octanol–water partition coefficient (Wildman–Crippen LogP) is 1.95. The minimum atomic E-state index is -4.45. The molecule has 0 fully saturated rings. The van der Waals surface area contributed by atoms with Crippen LogP contribution in [0.4, 0.5) is 0 Å². The van der Waals surface area contributed by atoms with Crippen LogP contribution in [0.25, 0.3) is 6.08 Å². The van der Waals surface area contributed by atoms with Crippen molar-refractivity contribution in [1.82, 2.24) is 0 Å². The lowest BCUT2D eigenvalue weighted by Crippen LogP contribution is -2.07. The van der Waals surface area contributed by atoms with Gasteiger partial charge in [0.15, 0.2) is 0 Å². The van der Waals surface area contributed by atoms with E-state index in [2.05, 4.69) is 6.58 Å². The normalized spacial score (nSPS) is 12.2. The van der Waals surface area contributed by atoms with Crippen LogP contribution in [0.2, 0.25) is 0 Å². The maximum atomic E-state index is 11.1. The first kappa shape index (κ1) is 14.1. The molecule has 0 saturated carbocycles. The summed E-state index contributed by atoms with van der Waals surface area (Å²) in [5.74, 6) is -1.31. The first-order chi connectivity index (χ1) is 8.30. The Hall–Kier alpha value is -1.92. The summed E-state index contributed by atoms with van der Waals surface area (Å²) in [4.78, 5) is 10.2. The molecule has 0 aliphatic rings. The molecule has 0 spiro atoms. The molecule has 1 rings (SSSR count). The highest BCUT2D eigenvalue weighted by Gasteiger charge is 2.17. The minimum Gasteiger partial charge on any atom is -0.478 e. The average Bonchev–Trinajstić information content (AvgIpc) is 2.28. The van der Waals surface area contributed by atoms with Crippen molar-refractivity contribution in [3.8, 4) is 0 Å². The van der Waals surface area contributed by atoms with Crippen LogP contribution in [-0.4, -0.2) is 24.0 Å². The topological polar surface area (TPSA) is 91.7 Å². The Labute approximate surface area is 105 Å². The zero-order chi connectivity index (χ0) is 13.8. The highest BCUT2D eigenvalue weighted by atomic mass is 32.2. The van der Waals surface area contributed by atoms with E-state index < -0.39 is 27.4 Å². The number of hydrogen-bond acceptors (Lipinski definition) is 3. The molecule has 0 atom stereocenters. The summed E-state index contributed by atoms with van der Waals surface area (Å²) in [6.07, 6.45) is 0.770. The molecule has 6 heteroatoms. The molecular formula is C12H12O5S. The number of carbonyl (C=O) groups is 1. The summed E-state index contributed by atoms with van der Waals surface area (Å²) in [7, 11) is -4.45. The second kappa shape index (κ2) is 5.61. The lowest BCUT2D eigenvalue weighted by Gasteiger charge is -2.04. The molecule has 0 aliphatic heterocycles. The van der Waals surface area contributed by atoms with Crippen molar-refractivity contribution in [3.05, 3.63) is 53.0 Å². The molecule has 96 valence electrons. The third-order valence-corrected chi connectivity index (χ3v) is 3.07. The Bertz CT molecular complexity index is 584. The average molecular weight is 268 g/mol. The van der Waals surface area contributed by atoms with Crippen LogP contribution in [0.3, 0.4) is 0 Å². The van der Waals surface area contributed by atoms with Crippen LogP contribution in [0, 0.1) is 0 Å². The summed E-state index contributed by atoms with van der Waals surface area (Å²) in [5, 5.41) is 8.66. The van der Waals surface area contributed by atoms with Crippen molar-refractivity contribution >= 4 is 22.2 Å². The van der Waals surface area contributed by atoms with Crippen LogP contribution in [-0.2, 0) is 14.9 Å². The van der Waals surface area contributed by atoms with Crippen LogP contribution < -0.4 is 0 Å². The Morgan fingerprint density at radius 1 is 1.28 bits per heavy atom. The van der Waals surface area contributed by atoms with Crippen molar-refractivity contribution in [1.29, 1.82) is 0 Å². The van der Waals surface area contributed by atoms with Gasteiger partial charge in [0.05, 0.1) is 4.91 Å². The molecule has 0 radical (unpaired) electrons. The van der Waals surface area contributed by atoms with Gasteiger partial charge in [-0.15, -0.1) is 0 Å². The third kappa shape index (κ3) is 4.15. The molecule has 0 aliphatic carbocycles. The standard InChI is InChI=1S/C12H12O5S/c1-9(12(13)14)7-11(18(15,16)17)8-10-5-3-2-4-6-10/h2-6,8H,1,7H2,(H,13,14)(H,15,16,17). The van der Waals surface area contributed by atoms with Gasteiger partial charge < -0.3 is 5.11 Å². The molecule has 0 unspecified atom stereocenters. The molecular weight excluding hydrogens is 256 g/mol. The number of allylic oxidation sites excluding steroid dienone is 1. The second-order valence-electron chi connectivity index (χ2n) is 3.58. The first-order valence-corrected chi connectivity index (χ1v) is 6.39. The number of benzene rings is 1. The minimum absolute atomic E-state index is 0.310. The van der Waals surface area contributed by atoms with Crippen molar-refractivity contribution < 1.29 is 22.9 Å². The molecule has 0 bridgehead atoms. The fourth-order valence-corrected chi connectivity index (χ4v) is 1.88. The monoisotopic (exact) mass is 268 g/mol. The largest absolute Gasteiger partial charge is 0.478 e. The van der Waals surface area contributed by atoms with E-state index in [1.165, 1.54) is 6.08 Å². The second-order valence-corrected chi connectivity index (χ2v) is 5.06. The lowest BCUT2D eigenvalue weighted by molar-refractivity contribution is -0.132. The number of hydrogen-bond donors (Lipinski definition) is 2. The van der Waals surface area contributed by atoms with Gasteiger partial charge in [0.25, 0.3) is 10.1 Å². The Morgan fingerprint density at radius 2 is 1.83 bits per heavy atom. The summed E-state index contributed by atoms with van der Waals surface area (Å²) in [6, 6.07) is 8.41. The van der Waals surface area contributed by atoms with Crippen molar-refractivity contribution in [2.24, 2.45) is 0 Å². The zero-order valence-electron chi connectivity index (χ0n) is 9.41. The van der Waals surface area contributed by atoms with Crippen LogP contribution >= 0.6 is 0 Å². The highest BCUT2D eigenvalue weighted by Crippen LogP contribution is 2.19. The number of aliphatic carboxylic acids is 1. The van der Waals surface area contributed by atoms with Gasteiger partial charge >= 0.3 is 5.97 Å². The van der Waals surface area contributed by atoms with Crippen molar-refractivity contribution in [2.75, 3.05) is 0 Å². The van der Waals surface area contributed by atoms with E-state index in [-0.39, 0.29) is 5.57 Å². The lowest BCUT2D eigenvalue weighted by atomic mass is 10.1. The van der Waals surface area contributed by atoms with Crippen LogP contribution in [0.5, 0.6) is 0 Å². The summed E-state index contributed by atoms with van der Waals surface area (Å²) in [6.45, 7) is 3.23. The Kier molecular flexibility index (Phi) is 4.41. The van der Waals surface area contributed by atoms with E-state index >= 15 is 0 Å². The summed E-state index contributed by atoms with van der Waals surface area (Å²) < 4.78 is 31.3. The van der Waals surface area contributed by atoms with Gasteiger partial charge in [-0.1, -0.05) is 36.9 Å². The summed E-state index contributed by atoms with van der Waals surface area (Å²) in [5.41, 5.74) is 0.234. The maximum absolute atomic E-state index is 11.1. The quantitative estimate of drug-likeness (QED) is 0.629.